The second-order valence-electron chi connectivity index (χ2n) is 6.04. The molecule has 7 nitrogen and oxygen atoms in total. The SMILES string of the molecule is CC(=O)OC[C@H]1O[C@@H](SC(C)C)[C@H](C)[C@@H](OC(C)=O)[C@@H]1OC(C)=O. The van der Waals surface area contributed by atoms with Crippen molar-refractivity contribution in [2.75, 3.05) is 6.61 Å². The van der Waals surface area contributed by atoms with Gasteiger partial charge in [0.2, 0.25) is 0 Å². The molecule has 0 saturated carbocycles. The molecule has 1 heterocycles. The smallest absolute Gasteiger partial charge is 0.303 e. The van der Waals surface area contributed by atoms with Gasteiger partial charge in [-0.2, -0.15) is 0 Å². The summed E-state index contributed by atoms with van der Waals surface area (Å²) in [5.41, 5.74) is -0.276. The molecule has 1 rings (SSSR count). The molecular weight excluding hydrogens is 336 g/mol. The Kier molecular flexibility index (Phi) is 8.02. The van der Waals surface area contributed by atoms with Crippen LogP contribution in [0.15, 0.2) is 0 Å². The van der Waals surface area contributed by atoms with Crippen LogP contribution in [0.1, 0.15) is 41.5 Å². The van der Waals surface area contributed by atoms with Crippen LogP contribution in [0, 0.1) is 5.92 Å². The lowest BCUT2D eigenvalue weighted by Gasteiger charge is -2.44. The molecule has 0 amide bonds. The maximum Gasteiger partial charge on any atom is 0.303 e. The minimum absolute atomic E-state index is 0.0765. The van der Waals surface area contributed by atoms with Gasteiger partial charge in [0.15, 0.2) is 6.10 Å². The molecule has 0 radical (unpaired) electrons. The van der Waals surface area contributed by atoms with Crippen molar-refractivity contribution in [3.05, 3.63) is 0 Å². The highest BCUT2D eigenvalue weighted by atomic mass is 32.2. The number of esters is 3. The summed E-state index contributed by atoms with van der Waals surface area (Å²) in [5, 5.41) is 0.287. The van der Waals surface area contributed by atoms with E-state index in [9.17, 15) is 14.4 Å². The Labute approximate surface area is 146 Å². The zero-order chi connectivity index (χ0) is 18.4. The van der Waals surface area contributed by atoms with Crippen LogP contribution in [0.2, 0.25) is 0 Å². The third-order valence-corrected chi connectivity index (χ3v) is 4.76. The van der Waals surface area contributed by atoms with Crippen molar-refractivity contribution in [3.63, 3.8) is 0 Å². The maximum atomic E-state index is 11.5. The molecule has 0 aliphatic carbocycles. The molecule has 1 fully saturated rings. The van der Waals surface area contributed by atoms with E-state index in [1.54, 1.807) is 11.8 Å². The van der Waals surface area contributed by atoms with Gasteiger partial charge in [0, 0.05) is 31.9 Å². The maximum absolute atomic E-state index is 11.5. The summed E-state index contributed by atoms with van der Waals surface area (Å²) in [6.45, 7) is 9.73. The van der Waals surface area contributed by atoms with Gasteiger partial charge in [-0.05, 0) is 0 Å². The molecule has 1 saturated heterocycles. The molecule has 24 heavy (non-hydrogen) atoms. The van der Waals surface area contributed by atoms with Gasteiger partial charge in [-0.25, -0.2) is 0 Å². The van der Waals surface area contributed by atoms with Crippen LogP contribution in [0.25, 0.3) is 0 Å². The van der Waals surface area contributed by atoms with E-state index < -0.39 is 36.2 Å². The number of ether oxygens (including phenoxy) is 4. The van der Waals surface area contributed by atoms with E-state index >= 15 is 0 Å². The first-order valence-electron chi connectivity index (χ1n) is 7.90. The van der Waals surface area contributed by atoms with Crippen LogP contribution < -0.4 is 0 Å². The van der Waals surface area contributed by atoms with Gasteiger partial charge in [-0.15, -0.1) is 11.8 Å². The average Bonchev–Trinajstić information content (AvgIpc) is 2.42. The van der Waals surface area contributed by atoms with Crippen LogP contribution in [-0.4, -0.2) is 53.5 Å². The standard InChI is InChI=1S/C16H26O7S/c1-8(2)24-16-9(3)14(21-11(5)18)15(22-12(6)19)13(23-16)7-20-10(4)17/h8-9,13-16H,7H2,1-6H3/t9-,13-,14-,15-,16+/m1/s1. The summed E-state index contributed by atoms with van der Waals surface area (Å²) in [6.07, 6.45) is -2.20. The van der Waals surface area contributed by atoms with Gasteiger partial charge in [-0.3, -0.25) is 14.4 Å². The molecule has 0 aromatic carbocycles. The van der Waals surface area contributed by atoms with Crippen molar-refractivity contribution in [1.29, 1.82) is 0 Å². The quantitative estimate of drug-likeness (QED) is 0.523. The summed E-state index contributed by atoms with van der Waals surface area (Å²) in [5.74, 6) is -1.64. The average molecular weight is 362 g/mol. The van der Waals surface area contributed by atoms with E-state index in [1.807, 2.05) is 20.8 Å². The first-order valence-corrected chi connectivity index (χ1v) is 8.84. The van der Waals surface area contributed by atoms with Crippen LogP contribution >= 0.6 is 11.8 Å². The highest BCUT2D eigenvalue weighted by Gasteiger charge is 2.48. The molecule has 1 aliphatic heterocycles. The van der Waals surface area contributed by atoms with E-state index in [0.717, 1.165) is 0 Å². The molecule has 1 aliphatic rings. The minimum atomic E-state index is -0.829. The molecule has 0 spiro atoms. The fraction of sp³-hybridized carbons (Fsp3) is 0.812. The van der Waals surface area contributed by atoms with Crippen molar-refractivity contribution in [3.8, 4) is 0 Å². The molecule has 138 valence electrons. The first-order chi connectivity index (χ1) is 11.1. The number of hydrogen-bond donors (Lipinski definition) is 0. The fourth-order valence-corrected chi connectivity index (χ4v) is 3.64. The van der Waals surface area contributed by atoms with E-state index in [-0.39, 0.29) is 23.2 Å². The Hall–Kier alpha value is -1.28. The lowest BCUT2D eigenvalue weighted by molar-refractivity contribution is -0.217. The van der Waals surface area contributed by atoms with E-state index in [2.05, 4.69) is 0 Å². The van der Waals surface area contributed by atoms with Crippen molar-refractivity contribution in [2.45, 2.75) is 70.5 Å². The van der Waals surface area contributed by atoms with E-state index in [0.29, 0.717) is 0 Å². The van der Waals surface area contributed by atoms with Gasteiger partial charge >= 0.3 is 17.9 Å². The van der Waals surface area contributed by atoms with Gasteiger partial charge in [-0.1, -0.05) is 20.8 Å². The Morgan fingerprint density at radius 2 is 1.54 bits per heavy atom. The molecule has 8 heteroatoms. The largest absolute Gasteiger partial charge is 0.463 e. The molecule has 0 aromatic heterocycles. The highest BCUT2D eigenvalue weighted by molar-refractivity contribution is 8.00. The molecular formula is C16H26O7S. The van der Waals surface area contributed by atoms with Gasteiger partial charge < -0.3 is 18.9 Å². The molecule has 0 unspecified atom stereocenters. The highest BCUT2D eigenvalue weighted by Crippen LogP contribution is 2.37. The Morgan fingerprint density at radius 3 is 2.00 bits per heavy atom. The van der Waals surface area contributed by atoms with E-state index in [4.69, 9.17) is 18.9 Å². The topological polar surface area (TPSA) is 88.1 Å². The third-order valence-electron chi connectivity index (χ3n) is 3.41. The fourth-order valence-electron chi connectivity index (χ4n) is 2.50. The lowest BCUT2D eigenvalue weighted by atomic mass is 9.93. The van der Waals surface area contributed by atoms with Crippen LogP contribution in [-0.2, 0) is 33.3 Å². The van der Waals surface area contributed by atoms with Crippen molar-refractivity contribution >= 4 is 29.7 Å². The lowest BCUT2D eigenvalue weighted by Crippen LogP contribution is -2.57. The molecule has 0 aromatic rings. The van der Waals surface area contributed by atoms with Gasteiger partial charge in [0.25, 0.3) is 0 Å². The van der Waals surface area contributed by atoms with Crippen molar-refractivity contribution < 1.29 is 33.3 Å². The normalized spacial score (nSPS) is 29.9. The Balaban J connectivity index is 3.06. The van der Waals surface area contributed by atoms with Crippen LogP contribution in [0.3, 0.4) is 0 Å². The predicted octanol–water partition coefficient (Wildman–Crippen LogP) is 1.92. The molecule has 5 atom stereocenters. The second-order valence-corrected chi connectivity index (χ2v) is 7.72. The summed E-state index contributed by atoms with van der Waals surface area (Å²) >= 11 is 1.58. The minimum Gasteiger partial charge on any atom is -0.463 e. The molecule has 0 N–H and O–H groups in total. The third kappa shape index (κ3) is 6.32. The Morgan fingerprint density at radius 1 is 1.00 bits per heavy atom. The number of carbonyl (C=O) groups excluding carboxylic acids is 3. The zero-order valence-electron chi connectivity index (χ0n) is 14.9. The summed E-state index contributed by atoms with van der Waals surface area (Å²) in [6, 6.07) is 0. The molecule has 0 bridgehead atoms. The van der Waals surface area contributed by atoms with Crippen molar-refractivity contribution in [2.24, 2.45) is 5.92 Å². The summed E-state index contributed by atoms with van der Waals surface area (Å²) < 4.78 is 21.8. The van der Waals surface area contributed by atoms with E-state index in [1.165, 1.54) is 20.8 Å². The van der Waals surface area contributed by atoms with Crippen LogP contribution in [0.5, 0.6) is 0 Å². The number of hydrogen-bond acceptors (Lipinski definition) is 8. The second kappa shape index (κ2) is 9.27. The number of carbonyl (C=O) groups is 3. The Bertz CT molecular complexity index is 465. The summed E-state index contributed by atoms with van der Waals surface area (Å²) in [4.78, 5) is 34.1. The van der Waals surface area contributed by atoms with Crippen molar-refractivity contribution in [1.82, 2.24) is 0 Å². The first kappa shape index (κ1) is 20.8. The zero-order valence-corrected chi connectivity index (χ0v) is 15.8. The van der Waals surface area contributed by atoms with Gasteiger partial charge in [0.05, 0.1) is 0 Å². The van der Waals surface area contributed by atoms with Crippen LogP contribution in [0.4, 0.5) is 0 Å². The predicted molar refractivity (Wildman–Crippen MR) is 88.3 cm³/mol. The monoisotopic (exact) mass is 362 g/mol. The number of rotatable bonds is 6. The van der Waals surface area contributed by atoms with Gasteiger partial charge in [0.1, 0.15) is 24.3 Å². The summed E-state index contributed by atoms with van der Waals surface area (Å²) in [7, 11) is 0. The number of thioether (sulfide) groups is 1.